The molecule has 5 aromatic rings. The third-order valence-corrected chi connectivity index (χ3v) is 5.61. The third-order valence-electron chi connectivity index (χ3n) is 5.03. The van der Waals surface area contributed by atoms with E-state index in [-0.39, 0.29) is 5.69 Å². The summed E-state index contributed by atoms with van der Waals surface area (Å²) >= 11 is 12.4. The molecule has 7 heteroatoms. The number of hydrogen-bond donors (Lipinski definition) is 2. The van der Waals surface area contributed by atoms with E-state index in [2.05, 4.69) is 37.9 Å². The standard InChI is InChI=1S/C23H16Cl2N4O/c24-16-6-5-14(19(25)9-16)12-29-13-15(18-3-1-2-4-22(18)29)11-26-17-7-8-20-21(10-17)28-23(30)27-20/h1-11,13H,12H2,(H2,27,28,30)/b26-11+. The van der Waals surface area contributed by atoms with Crippen molar-refractivity contribution in [2.75, 3.05) is 0 Å². The number of imidazole rings is 1. The van der Waals surface area contributed by atoms with Gasteiger partial charge in [0.2, 0.25) is 0 Å². The van der Waals surface area contributed by atoms with E-state index in [9.17, 15) is 4.79 Å². The maximum Gasteiger partial charge on any atom is 0.323 e. The number of aromatic nitrogens is 3. The van der Waals surface area contributed by atoms with Crippen LogP contribution in [0.3, 0.4) is 0 Å². The van der Waals surface area contributed by atoms with Crippen molar-refractivity contribution in [2.24, 2.45) is 4.99 Å². The molecule has 0 aliphatic heterocycles. The van der Waals surface area contributed by atoms with Crippen LogP contribution in [0.5, 0.6) is 0 Å². The van der Waals surface area contributed by atoms with Gasteiger partial charge in [0.05, 0.1) is 16.7 Å². The van der Waals surface area contributed by atoms with Crippen molar-refractivity contribution < 1.29 is 0 Å². The number of halogens is 2. The van der Waals surface area contributed by atoms with Crippen molar-refractivity contribution in [3.63, 3.8) is 0 Å². The van der Waals surface area contributed by atoms with Gasteiger partial charge in [-0.3, -0.25) is 4.99 Å². The van der Waals surface area contributed by atoms with Crippen LogP contribution >= 0.6 is 23.2 Å². The molecule has 0 bridgehead atoms. The molecule has 0 radical (unpaired) electrons. The summed E-state index contributed by atoms with van der Waals surface area (Å²) in [7, 11) is 0. The summed E-state index contributed by atoms with van der Waals surface area (Å²) in [6.07, 6.45) is 3.91. The van der Waals surface area contributed by atoms with E-state index in [1.807, 2.05) is 48.7 Å². The highest BCUT2D eigenvalue weighted by molar-refractivity contribution is 6.35. The van der Waals surface area contributed by atoms with Gasteiger partial charge in [-0.15, -0.1) is 0 Å². The van der Waals surface area contributed by atoms with Crippen LogP contribution in [-0.4, -0.2) is 20.7 Å². The van der Waals surface area contributed by atoms with E-state index in [4.69, 9.17) is 23.2 Å². The Bertz CT molecular complexity index is 1480. The lowest BCUT2D eigenvalue weighted by molar-refractivity contribution is 0.836. The van der Waals surface area contributed by atoms with Gasteiger partial charge in [-0.2, -0.15) is 0 Å². The number of aromatic amines is 2. The van der Waals surface area contributed by atoms with E-state index >= 15 is 0 Å². The molecular weight excluding hydrogens is 419 g/mol. The van der Waals surface area contributed by atoms with Crippen LogP contribution in [0, 0.1) is 0 Å². The molecular formula is C23H16Cl2N4O. The Kier molecular flexibility index (Phi) is 4.69. The molecule has 5 rings (SSSR count). The zero-order valence-electron chi connectivity index (χ0n) is 15.7. The highest BCUT2D eigenvalue weighted by Gasteiger charge is 2.09. The minimum Gasteiger partial charge on any atom is -0.342 e. The van der Waals surface area contributed by atoms with Gasteiger partial charge in [-0.05, 0) is 42.0 Å². The first-order chi connectivity index (χ1) is 14.6. The molecule has 0 amide bonds. The number of nitrogens with one attached hydrogen (secondary N) is 2. The molecule has 148 valence electrons. The summed E-state index contributed by atoms with van der Waals surface area (Å²) in [6.45, 7) is 0.626. The van der Waals surface area contributed by atoms with Crippen LogP contribution in [0.15, 0.2) is 76.6 Å². The van der Waals surface area contributed by atoms with Gasteiger partial charge in [0.25, 0.3) is 0 Å². The maximum atomic E-state index is 11.5. The quantitative estimate of drug-likeness (QED) is 0.339. The van der Waals surface area contributed by atoms with E-state index in [0.717, 1.165) is 38.8 Å². The fraction of sp³-hybridized carbons (Fsp3) is 0.0435. The summed E-state index contributed by atoms with van der Waals surface area (Å²) in [5, 5.41) is 2.36. The zero-order chi connectivity index (χ0) is 20.7. The van der Waals surface area contributed by atoms with E-state index < -0.39 is 0 Å². The molecule has 2 N–H and O–H groups in total. The molecule has 0 unspecified atom stereocenters. The molecule has 0 atom stereocenters. The van der Waals surface area contributed by atoms with E-state index in [1.165, 1.54) is 0 Å². The average molecular weight is 435 g/mol. The largest absolute Gasteiger partial charge is 0.342 e. The number of nitrogens with zero attached hydrogens (tertiary/aromatic N) is 2. The number of hydrogen-bond acceptors (Lipinski definition) is 2. The van der Waals surface area contributed by atoms with E-state index in [0.29, 0.717) is 16.6 Å². The molecule has 2 heterocycles. The van der Waals surface area contributed by atoms with Gasteiger partial charge >= 0.3 is 5.69 Å². The number of fused-ring (bicyclic) bond motifs is 2. The van der Waals surface area contributed by atoms with Crippen LogP contribution in [0.1, 0.15) is 11.1 Å². The SMILES string of the molecule is O=c1[nH]c2ccc(/N=C/c3cn(Cc4ccc(Cl)cc4Cl)c4ccccc34)cc2[nH]1. The second-order valence-corrected chi connectivity index (χ2v) is 7.88. The topological polar surface area (TPSA) is 65.9 Å². The number of para-hydroxylation sites is 1. The van der Waals surface area contributed by atoms with Gasteiger partial charge in [-0.1, -0.05) is 47.5 Å². The second kappa shape index (κ2) is 7.52. The third kappa shape index (κ3) is 3.54. The molecule has 0 saturated carbocycles. The Hall–Kier alpha value is -3.28. The predicted molar refractivity (Wildman–Crippen MR) is 124 cm³/mol. The molecule has 0 fully saturated rings. The van der Waals surface area contributed by atoms with Gasteiger partial charge in [0.1, 0.15) is 0 Å². The Balaban J connectivity index is 1.52. The maximum absolute atomic E-state index is 11.5. The van der Waals surface area contributed by atoms with Crippen LogP contribution in [0.4, 0.5) is 5.69 Å². The molecule has 30 heavy (non-hydrogen) atoms. The molecule has 0 saturated heterocycles. The fourth-order valence-electron chi connectivity index (χ4n) is 3.59. The molecule has 0 aliphatic carbocycles. The summed E-state index contributed by atoms with van der Waals surface area (Å²) in [5.41, 5.74) is 5.11. The summed E-state index contributed by atoms with van der Waals surface area (Å²) < 4.78 is 2.15. The van der Waals surface area contributed by atoms with Crippen LogP contribution in [-0.2, 0) is 6.54 Å². The van der Waals surface area contributed by atoms with Crippen molar-refractivity contribution >= 4 is 57.0 Å². The zero-order valence-corrected chi connectivity index (χ0v) is 17.2. The summed E-state index contributed by atoms with van der Waals surface area (Å²) in [6, 6.07) is 19.3. The van der Waals surface area contributed by atoms with Gasteiger partial charge < -0.3 is 14.5 Å². The highest BCUT2D eigenvalue weighted by Crippen LogP contribution is 2.26. The summed E-state index contributed by atoms with van der Waals surface area (Å²) in [5.74, 6) is 0. The number of H-pyrrole nitrogens is 2. The first kappa shape index (κ1) is 18.7. The average Bonchev–Trinajstić information content (AvgIpc) is 3.27. The first-order valence-corrected chi connectivity index (χ1v) is 10.1. The Morgan fingerprint density at radius 1 is 0.967 bits per heavy atom. The molecule has 3 aromatic carbocycles. The number of aliphatic imine (C=N–C) groups is 1. The molecule has 0 aliphatic rings. The molecule has 5 nitrogen and oxygen atoms in total. The summed E-state index contributed by atoms with van der Waals surface area (Å²) in [4.78, 5) is 21.6. The lowest BCUT2D eigenvalue weighted by atomic mass is 10.2. The smallest absolute Gasteiger partial charge is 0.323 e. The van der Waals surface area contributed by atoms with Crippen molar-refractivity contribution in [1.29, 1.82) is 0 Å². The highest BCUT2D eigenvalue weighted by atomic mass is 35.5. The minimum atomic E-state index is -0.227. The van der Waals surface area contributed by atoms with Crippen molar-refractivity contribution in [3.8, 4) is 0 Å². The van der Waals surface area contributed by atoms with E-state index in [1.54, 1.807) is 6.07 Å². The normalized spacial score (nSPS) is 11.8. The van der Waals surface area contributed by atoms with Gasteiger partial charge in [-0.25, -0.2) is 4.79 Å². The molecule has 0 spiro atoms. The lowest BCUT2D eigenvalue weighted by Gasteiger charge is -2.08. The van der Waals surface area contributed by atoms with Crippen molar-refractivity contribution in [3.05, 3.63) is 98.5 Å². The van der Waals surface area contributed by atoms with Gasteiger partial charge in [0, 0.05) is 45.5 Å². The second-order valence-electron chi connectivity index (χ2n) is 7.03. The van der Waals surface area contributed by atoms with Crippen LogP contribution in [0.2, 0.25) is 10.0 Å². The fourth-order valence-corrected chi connectivity index (χ4v) is 4.06. The lowest BCUT2D eigenvalue weighted by Crippen LogP contribution is -1.99. The Morgan fingerprint density at radius 2 is 1.80 bits per heavy atom. The molecule has 2 aromatic heterocycles. The van der Waals surface area contributed by atoms with Crippen LogP contribution < -0.4 is 5.69 Å². The monoisotopic (exact) mass is 434 g/mol. The first-order valence-electron chi connectivity index (χ1n) is 9.35. The Labute approximate surface area is 181 Å². The van der Waals surface area contributed by atoms with Crippen molar-refractivity contribution in [1.82, 2.24) is 14.5 Å². The van der Waals surface area contributed by atoms with Crippen molar-refractivity contribution in [2.45, 2.75) is 6.54 Å². The van der Waals surface area contributed by atoms with Crippen LogP contribution in [0.25, 0.3) is 21.9 Å². The predicted octanol–water partition coefficient (Wildman–Crippen LogP) is 5.92. The number of rotatable bonds is 4. The minimum absolute atomic E-state index is 0.227. The van der Waals surface area contributed by atoms with Gasteiger partial charge in [0.15, 0.2) is 0 Å². The Morgan fingerprint density at radius 3 is 2.67 bits per heavy atom. The number of benzene rings is 3.